The van der Waals surface area contributed by atoms with Gasteiger partial charge >= 0.3 is 0 Å². The van der Waals surface area contributed by atoms with Crippen LogP contribution in [0.2, 0.25) is 0 Å². The molecule has 0 aliphatic heterocycles. The first-order valence-corrected chi connectivity index (χ1v) is 12.1. The van der Waals surface area contributed by atoms with Crippen molar-refractivity contribution < 1.29 is 0 Å². The molecule has 0 unspecified atom stereocenters. The van der Waals surface area contributed by atoms with Gasteiger partial charge in [-0.25, -0.2) is 0 Å². The van der Waals surface area contributed by atoms with Crippen LogP contribution in [-0.2, 0) is 0 Å². The van der Waals surface area contributed by atoms with E-state index in [-0.39, 0.29) is 0 Å². The summed E-state index contributed by atoms with van der Waals surface area (Å²) in [6, 6.07) is 22.1. The van der Waals surface area contributed by atoms with Crippen molar-refractivity contribution in [3.63, 3.8) is 0 Å². The van der Waals surface area contributed by atoms with Crippen molar-refractivity contribution in [2.24, 2.45) is 0 Å². The molecule has 0 fully saturated rings. The number of benzene rings is 3. The van der Waals surface area contributed by atoms with Crippen LogP contribution in [0.5, 0.6) is 0 Å². The van der Waals surface area contributed by atoms with E-state index < -0.39 is 0 Å². The largest absolute Gasteiger partial charge is 0.306 e. The van der Waals surface area contributed by atoms with Gasteiger partial charge in [0.05, 0.1) is 20.4 Å². The van der Waals surface area contributed by atoms with E-state index in [1.54, 1.807) is 0 Å². The molecule has 136 valence electrons. The number of fused-ring (bicyclic) bond motifs is 7. The lowest BCUT2D eigenvalue weighted by atomic mass is 10.2. The highest BCUT2D eigenvalue weighted by Gasteiger charge is 2.22. The molecule has 0 amide bonds. The molecule has 0 saturated heterocycles. The molecule has 0 N–H and O–H groups in total. The first kappa shape index (κ1) is 17.2. The van der Waals surface area contributed by atoms with Gasteiger partial charge in [-0.1, -0.05) is 49.6 Å². The fraction of sp³-hybridized carbons (Fsp3) is 0.0435. The third-order valence-corrected chi connectivity index (χ3v) is 8.66. The highest BCUT2D eigenvalue weighted by atomic mass is 79.9. The third-order valence-electron chi connectivity index (χ3n) is 5.19. The van der Waals surface area contributed by atoms with Gasteiger partial charge in [0, 0.05) is 34.8 Å². The first-order chi connectivity index (χ1) is 13.6. The molecule has 3 aromatic heterocycles. The topological polar surface area (TPSA) is 4.93 Å². The average Bonchev–Trinajstić information content (AvgIpc) is 3.31. The van der Waals surface area contributed by atoms with Crippen molar-refractivity contribution in [3.05, 3.63) is 75.2 Å². The van der Waals surface area contributed by atoms with Crippen molar-refractivity contribution in [2.45, 2.75) is 6.92 Å². The van der Waals surface area contributed by atoms with Crippen molar-refractivity contribution in [1.29, 1.82) is 0 Å². The minimum atomic E-state index is 1.12. The van der Waals surface area contributed by atoms with Gasteiger partial charge in [-0.2, -0.15) is 0 Å². The Bertz CT molecular complexity index is 1440. The second kappa shape index (κ2) is 6.17. The van der Waals surface area contributed by atoms with Crippen LogP contribution in [0.15, 0.2) is 69.6 Å². The fourth-order valence-electron chi connectivity index (χ4n) is 3.93. The number of aromatic nitrogens is 1. The normalized spacial score (nSPS) is 12.1. The summed E-state index contributed by atoms with van der Waals surface area (Å²) in [6.07, 6.45) is 0. The Morgan fingerprint density at radius 3 is 1.68 bits per heavy atom. The number of nitrogens with zero attached hydrogens (tertiary/aromatic N) is 1. The number of halogens is 2. The average molecular weight is 527 g/mol. The number of hydrogen-bond acceptors (Lipinski definition) is 2. The molecule has 1 nitrogen and oxygen atoms in total. The minimum absolute atomic E-state index is 1.12. The molecule has 28 heavy (non-hydrogen) atoms. The molecule has 6 aromatic rings. The van der Waals surface area contributed by atoms with Crippen LogP contribution in [-0.4, -0.2) is 4.57 Å². The van der Waals surface area contributed by atoms with E-state index in [4.69, 9.17) is 0 Å². The second-order valence-corrected chi connectivity index (χ2v) is 10.9. The fourth-order valence-corrected chi connectivity index (χ4v) is 7.12. The maximum atomic E-state index is 3.67. The van der Waals surface area contributed by atoms with Gasteiger partial charge in [0.25, 0.3) is 0 Å². The zero-order valence-electron chi connectivity index (χ0n) is 14.8. The molecule has 5 heteroatoms. The summed E-state index contributed by atoms with van der Waals surface area (Å²) in [5.74, 6) is 0. The van der Waals surface area contributed by atoms with Crippen LogP contribution in [0.4, 0.5) is 0 Å². The van der Waals surface area contributed by atoms with Crippen LogP contribution in [0.25, 0.3) is 46.3 Å². The lowest BCUT2D eigenvalue weighted by Gasteiger charge is -2.08. The van der Waals surface area contributed by atoms with Crippen LogP contribution < -0.4 is 0 Å². The Morgan fingerprint density at radius 1 is 0.679 bits per heavy atom. The molecule has 3 heterocycles. The van der Waals surface area contributed by atoms with Crippen LogP contribution in [0, 0.1) is 6.92 Å². The summed E-state index contributed by atoms with van der Waals surface area (Å²) in [7, 11) is 0. The molecule has 0 aliphatic carbocycles. The number of thiophene rings is 2. The molecule has 0 bridgehead atoms. The SMILES string of the molecule is Cc1ccc(-n2c3c4cc(Br)ccc4sc3c3sc4ccc(Br)cc4c32)cc1. The van der Waals surface area contributed by atoms with Gasteiger partial charge < -0.3 is 4.57 Å². The van der Waals surface area contributed by atoms with Gasteiger partial charge in [0.1, 0.15) is 0 Å². The highest BCUT2D eigenvalue weighted by molar-refractivity contribution is 9.10. The smallest absolute Gasteiger partial charge is 0.0737 e. The first-order valence-electron chi connectivity index (χ1n) is 8.91. The molecular weight excluding hydrogens is 514 g/mol. The molecule has 0 aliphatic rings. The van der Waals surface area contributed by atoms with E-state index >= 15 is 0 Å². The quantitative estimate of drug-likeness (QED) is 0.201. The van der Waals surface area contributed by atoms with Gasteiger partial charge in [-0.05, 0) is 55.5 Å². The van der Waals surface area contributed by atoms with E-state index in [2.05, 4.69) is 104 Å². The summed E-state index contributed by atoms with van der Waals surface area (Å²) in [6.45, 7) is 2.14. The summed E-state index contributed by atoms with van der Waals surface area (Å²) >= 11 is 11.1. The zero-order valence-corrected chi connectivity index (χ0v) is 19.6. The van der Waals surface area contributed by atoms with Crippen molar-refractivity contribution in [3.8, 4) is 5.69 Å². The van der Waals surface area contributed by atoms with E-state index in [0.29, 0.717) is 0 Å². The van der Waals surface area contributed by atoms with Gasteiger partial charge in [-0.3, -0.25) is 0 Å². The maximum Gasteiger partial charge on any atom is 0.0737 e. The predicted molar refractivity (Wildman–Crippen MR) is 132 cm³/mol. The van der Waals surface area contributed by atoms with E-state index in [9.17, 15) is 0 Å². The molecule has 0 radical (unpaired) electrons. The molecule has 0 atom stereocenters. The maximum absolute atomic E-state index is 3.67. The van der Waals surface area contributed by atoms with E-state index in [0.717, 1.165) is 8.95 Å². The highest BCUT2D eigenvalue weighted by Crippen LogP contribution is 2.48. The minimum Gasteiger partial charge on any atom is -0.306 e. The molecule has 3 aromatic carbocycles. The third kappa shape index (κ3) is 2.40. The molecule has 0 saturated carbocycles. The standard InChI is InChI=1S/C23H13Br2NS2/c1-12-2-6-15(7-3-12)26-20-16-10-13(24)4-8-18(16)27-22(20)23-21(26)17-11-14(25)5-9-19(17)28-23/h2-11H,1H3. The lowest BCUT2D eigenvalue weighted by Crippen LogP contribution is -1.93. The number of hydrogen-bond donors (Lipinski definition) is 0. The molecule has 6 rings (SSSR count). The van der Waals surface area contributed by atoms with Crippen LogP contribution in [0.3, 0.4) is 0 Å². The predicted octanol–water partition coefficient (Wildman–Crippen LogP) is 9.05. The summed E-state index contributed by atoms with van der Waals surface area (Å²) in [5.41, 5.74) is 5.12. The van der Waals surface area contributed by atoms with Gasteiger partial charge in [0.2, 0.25) is 0 Å². The number of aryl methyl sites for hydroxylation is 1. The Morgan fingerprint density at radius 2 is 1.18 bits per heavy atom. The van der Waals surface area contributed by atoms with Crippen molar-refractivity contribution in [1.82, 2.24) is 4.57 Å². The summed E-state index contributed by atoms with van der Waals surface area (Å²) in [5, 5.41) is 2.61. The van der Waals surface area contributed by atoms with Gasteiger partial charge in [-0.15, -0.1) is 22.7 Å². The van der Waals surface area contributed by atoms with Crippen LogP contribution in [0.1, 0.15) is 5.56 Å². The Labute approximate surface area is 186 Å². The Hall–Kier alpha value is -1.66. The number of rotatable bonds is 1. The van der Waals surface area contributed by atoms with Crippen molar-refractivity contribution in [2.75, 3.05) is 0 Å². The van der Waals surface area contributed by atoms with E-state index in [1.165, 1.54) is 51.9 Å². The van der Waals surface area contributed by atoms with Crippen molar-refractivity contribution >= 4 is 95.1 Å². The molecule has 0 spiro atoms. The Balaban J connectivity index is 1.90. The Kier molecular flexibility index (Phi) is 3.79. The summed E-state index contributed by atoms with van der Waals surface area (Å²) < 4.78 is 10.1. The lowest BCUT2D eigenvalue weighted by molar-refractivity contribution is 1.19. The second-order valence-electron chi connectivity index (χ2n) is 7.01. The zero-order chi connectivity index (χ0) is 19.0. The monoisotopic (exact) mass is 525 g/mol. The van der Waals surface area contributed by atoms with E-state index in [1.807, 2.05) is 22.7 Å². The van der Waals surface area contributed by atoms with Crippen LogP contribution >= 0.6 is 54.5 Å². The summed E-state index contributed by atoms with van der Waals surface area (Å²) in [4.78, 5) is 0. The van der Waals surface area contributed by atoms with Gasteiger partial charge in [0.15, 0.2) is 0 Å². The molecular formula is C23H13Br2NS2.